The molecule has 0 fully saturated rings. The summed E-state index contributed by atoms with van der Waals surface area (Å²) in [6, 6.07) is 4.44. The fourth-order valence-corrected chi connectivity index (χ4v) is 1.42. The number of anilines is 2. The third kappa shape index (κ3) is 2.07. The molecule has 0 aliphatic heterocycles. The second kappa shape index (κ2) is 4.20. The van der Waals surface area contributed by atoms with Gasteiger partial charge in [0.25, 0.3) is 0 Å². The first-order valence-corrected chi connectivity index (χ1v) is 5.00. The number of nitrogens with one attached hydrogen (secondary N) is 1. The van der Waals surface area contributed by atoms with E-state index in [0.717, 1.165) is 5.56 Å². The molecule has 3 N–H and O–H groups in total. The van der Waals surface area contributed by atoms with Gasteiger partial charge < -0.3 is 14.8 Å². The van der Waals surface area contributed by atoms with Crippen molar-refractivity contribution in [2.24, 2.45) is 0 Å². The van der Waals surface area contributed by atoms with E-state index in [1.165, 1.54) is 18.4 Å². The smallest absolute Gasteiger partial charge is 0.316 e. The molecule has 0 radical (unpaired) electrons. The van der Waals surface area contributed by atoms with Crippen molar-refractivity contribution in [1.29, 1.82) is 0 Å². The molecule has 0 amide bonds. The zero-order valence-corrected chi connectivity index (χ0v) is 9.16. The van der Waals surface area contributed by atoms with Crippen LogP contribution in [0.25, 0.3) is 0 Å². The van der Waals surface area contributed by atoms with E-state index in [1.54, 1.807) is 12.3 Å². The SMILES string of the molecule is CC(Nc1ccc(N)[n+]([O-])[n+]1[O-])c1ccoc1. The van der Waals surface area contributed by atoms with Crippen LogP contribution in [0, 0.1) is 10.4 Å². The molecule has 2 heterocycles. The van der Waals surface area contributed by atoms with Crippen molar-refractivity contribution in [2.45, 2.75) is 13.0 Å². The van der Waals surface area contributed by atoms with E-state index in [4.69, 9.17) is 10.2 Å². The number of furan rings is 1. The van der Waals surface area contributed by atoms with Crippen molar-refractivity contribution in [3.8, 4) is 0 Å². The molecule has 90 valence electrons. The topological polar surface area (TPSA) is 105 Å². The van der Waals surface area contributed by atoms with Gasteiger partial charge >= 0.3 is 11.6 Å². The summed E-state index contributed by atoms with van der Waals surface area (Å²) in [5.41, 5.74) is 6.18. The first-order valence-electron chi connectivity index (χ1n) is 5.00. The van der Waals surface area contributed by atoms with E-state index in [-0.39, 0.29) is 27.4 Å². The molecule has 1 atom stereocenters. The summed E-state index contributed by atoms with van der Waals surface area (Å²) in [6.07, 6.45) is 3.10. The van der Waals surface area contributed by atoms with Gasteiger partial charge in [0, 0.05) is 17.7 Å². The van der Waals surface area contributed by atoms with Crippen molar-refractivity contribution >= 4 is 11.6 Å². The number of rotatable bonds is 3. The zero-order valence-electron chi connectivity index (χ0n) is 9.16. The minimum absolute atomic E-state index is 0.0738. The monoisotopic (exact) mass is 236 g/mol. The lowest BCUT2D eigenvalue weighted by atomic mass is 10.2. The second-order valence-electron chi connectivity index (χ2n) is 3.61. The number of hydrogen-bond acceptors (Lipinski definition) is 5. The van der Waals surface area contributed by atoms with Gasteiger partial charge in [0.05, 0.1) is 12.5 Å². The fraction of sp³-hybridized carbons (Fsp3) is 0.200. The van der Waals surface area contributed by atoms with Crippen LogP contribution in [-0.2, 0) is 0 Å². The molecule has 0 bridgehead atoms. The zero-order chi connectivity index (χ0) is 12.4. The van der Waals surface area contributed by atoms with Gasteiger partial charge in [-0.2, -0.15) is 0 Å². The molecule has 2 aromatic rings. The Kier molecular flexibility index (Phi) is 2.73. The third-order valence-electron chi connectivity index (χ3n) is 2.41. The molecule has 7 heteroatoms. The molecule has 0 spiro atoms. The molecule has 2 aromatic heterocycles. The van der Waals surface area contributed by atoms with Crippen LogP contribution in [0.4, 0.5) is 11.6 Å². The molecule has 7 nitrogen and oxygen atoms in total. The van der Waals surface area contributed by atoms with Crippen molar-refractivity contribution in [2.75, 3.05) is 11.1 Å². The maximum Gasteiger partial charge on any atom is 0.316 e. The second-order valence-corrected chi connectivity index (χ2v) is 3.61. The number of nitrogen functional groups attached to an aromatic ring is 1. The fourth-order valence-electron chi connectivity index (χ4n) is 1.42. The Morgan fingerprint density at radius 3 is 2.71 bits per heavy atom. The Balaban J connectivity index is 2.22. The molecule has 0 aromatic carbocycles. The largest absolute Gasteiger partial charge is 0.675 e. The van der Waals surface area contributed by atoms with Crippen LogP contribution in [0.3, 0.4) is 0 Å². The third-order valence-corrected chi connectivity index (χ3v) is 2.41. The predicted octanol–water partition coefficient (Wildman–Crippen LogP) is 0.302. The van der Waals surface area contributed by atoms with Crippen molar-refractivity contribution in [3.63, 3.8) is 0 Å². The van der Waals surface area contributed by atoms with E-state index in [9.17, 15) is 10.4 Å². The maximum atomic E-state index is 11.5. The van der Waals surface area contributed by atoms with Gasteiger partial charge in [-0.15, -0.1) is 0 Å². The Hall–Kier alpha value is -2.44. The number of nitrogens with zero attached hydrogens (tertiary/aromatic N) is 2. The van der Waals surface area contributed by atoms with Crippen LogP contribution >= 0.6 is 0 Å². The molecule has 0 aliphatic carbocycles. The molecular weight excluding hydrogens is 224 g/mol. The van der Waals surface area contributed by atoms with E-state index in [2.05, 4.69) is 5.32 Å². The molecular formula is C10H12N4O3. The normalized spacial score (nSPS) is 12.3. The standard InChI is InChI=1S/C10H12N4O3/c1-7(8-4-5-17-6-8)12-10-3-2-9(11)13(15)14(10)16/h2-7,12H,11H2,1H3. The maximum absolute atomic E-state index is 11.5. The van der Waals surface area contributed by atoms with E-state index >= 15 is 0 Å². The van der Waals surface area contributed by atoms with Gasteiger partial charge in [0.15, 0.2) is 0 Å². The molecule has 0 aliphatic rings. The number of hydrogen-bond donors (Lipinski definition) is 2. The quantitative estimate of drug-likeness (QED) is 0.589. The van der Waals surface area contributed by atoms with Crippen LogP contribution in [-0.4, -0.2) is 0 Å². The summed E-state index contributed by atoms with van der Waals surface area (Å²) in [5.74, 6) is -0.0237. The first-order chi connectivity index (χ1) is 8.09. The highest BCUT2D eigenvalue weighted by Crippen LogP contribution is 2.16. The predicted molar refractivity (Wildman–Crippen MR) is 59.5 cm³/mol. The lowest BCUT2D eigenvalue weighted by molar-refractivity contribution is -1.17. The Labute approximate surface area is 97.2 Å². The van der Waals surface area contributed by atoms with Crippen LogP contribution < -0.4 is 20.7 Å². The summed E-state index contributed by atoms with van der Waals surface area (Å²) >= 11 is 0. The lowest BCUT2D eigenvalue weighted by Gasteiger charge is -2.14. The van der Waals surface area contributed by atoms with Crippen LogP contribution in [0.5, 0.6) is 0 Å². The summed E-state index contributed by atoms with van der Waals surface area (Å²) in [7, 11) is 0. The molecule has 0 saturated carbocycles. The van der Waals surface area contributed by atoms with Gasteiger partial charge in [0.1, 0.15) is 6.04 Å². The van der Waals surface area contributed by atoms with Gasteiger partial charge in [-0.05, 0) is 13.0 Å². The van der Waals surface area contributed by atoms with Crippen LogP contribution in [0.1, 0.15) is 18.5 Å². The highest BCUT2D eigenvalue weighted by molar-refractivity contribution is 5.34. The average molecular weight is 236 g/mol. The Morgan fingerprint density at radius 1 is 1.29 bits per heavy atom. The summed E-state index contributed by atoms with van der Waals surface area (Å²) in [4.78, 5) is 0.232. The van der Waals surface area contributed by atoms with E-state index in [1.807, 2.05) is 6.92 Å². The summed E-state index contributed by atoms with van der Waals surface area (Å²) in [5, 5.41) is 25.6. The highest BCUT2D eigenvalue weighted by atomic mass is 16.6. The Morgan fingerprint density at radius 2 is 2.06 bits per heavy atom. The van der Waals surface area contributed by atoms with Gasteiger partial charge in [-0.3, -0.25) is 11.1 Å². The minimum atomic E-state index is -0.155. The number of nitrogens with two attached hydrogens (primary N) is 1. The van der Waals surface area contributed by atoms with E-state index < -0.39 is 0 Å². The molecule has 2 rings (SSSR count). The molecule has 17 heavy (non-hydrogen) atoms. The number of aromatic nitrogens is 2. The van der Waals surface area contributed by atoms with Crippen molar-refractivity contribution in [1.82, 2.24) is 0 Å². The van der Waals surface area contributed by atoms with Gasteiger partial charge in [0.2, 0.25) is 0 Å². The lowest BCUT2D eigenvalue weighted by Crippen LogP contribution is -2.62. The summed E-state index contributed by atoms with van der Waals surface area (Å²) in [6.45, 7) is 1.84. The first kappa shape index (κ1) is 11.1. The Bertz CT molecular complexity index is 513. The van der Waals surface area contributed by atoms with Gasteiger partial charge in [-0.1, -0.05) is 9.69 Å². The molecule has 0 saturated heterocycles. The van der Waals surface area contributed by atoms with Crippen molar-refractivity contribution < 1.29 is 14.1 Å². The van der Waals surface area contributed by atoms with Crippen molar-refractivity contribution in [3.05, 3.63) is 46.7 Å². The van der Waals surface area contributed by atoms with E-state index in [0.29, 0.717) is 0 Å². The molecule has 1 unspecified atom stereocenters. The minimum Gasteiger partial charge on any atom is -0.675 e. The summed E-state index contributed by atoms with van der Waals surface area (Å²) < 4.78 is 4.93. The average Bonchev–Trinajstić information content (AvgIpc) is 2.83. The van der Waals surface area contributed by atoms with Gasteiger partial charge in [-0.25, -0.2) is 0 Å². The van der Waals surface area contributed by atoms with Crippen LogP contribution in [0.15, 0.2) is 35.1 Å². The highest BCUT2D eigenvalue weighted by Gasteiger charge is 2.16. The van der Waals surface area contributed by atoms with Crippen LogP contribution in [0.2, 0.25) is 0 Å².